The van der Waals surface area contributed by atoms with Crippen LogP contribution in [0.5, 0.6) is 5.75 Å². The van der Waals surface area contributed by atoms with Gasteiger partial charge >= 0.3 is 6.36 Å². The van der Waals surface area contributed by atoms with Crippen molar-refractivity contribution in [2.75, 3.05) is 5.32 Å². The van der Waals surface area contributed by atoms with Crippen LogP contribution >= 0.6 is 0 Å². The summed E-state index contributed by atoms with van der Waals surface area (Å²) >= 11 is 0. The van der Waals surface area contributed by atoms with Crippen LogP contribution in [0.3, 0.4) is 0 Å². The van der Waals surface area contributed by atoms with E-state index in [4.69, 9.17) is 0 Å². The Morgan fingerprint density at radius 1 is 1.04 bits per heavy atom. The first-order valence-electron chi connectivity index (χ1n) is 8.41. The zero-order valence-corrected chi connectivity index (χ0v) is 14.7. The Bertz CT molecular complexity index is 912. The van der Waals surface area contributed by atoms with Crippen molar-refractivity contribution in [3.8, 4) is 5.75 Å². The number of nitrogens with one attached hydrogen (secondary N) is 1. The highest BCUT2D eigenvalue weighted by Crippen LogP contribution is 2.22. The predicted octanol–water partition coefficient (Wildman–Crippen LogP) is 3.76. The lowest BCUT2D eigenvalue weighted by molar-refractivity contribution is -0.686. The van der Waals surface area contributed by atoms with Crippen molar-refractivity contribution < 1.29 is 27.3 Å². The molecule has 0 fully saturated rings. The molecule has 1 aromatic heterocycles. The van der Waals surface area contributed by atoms with Gasteiger partial charge in [-0.25, -0.2) is 4.57 Å². The fourth-order valence-electron chi connectivity index (χ4n) is 2.47. The summed E-state index contributed by atoms with van der Waals surface area (Å²) in [5.41, 5.74) is 1.41. The highest BCUT2D eigenvalue weighted by molar-refractivity contribution is 5.95. The van der Waals surface area contributed by atoms with E-state index in [-0.39, 0.29) is 23.6 Å². The first kappa shape index (κ1) is 19.3. The van der Waals surface area contributed by atoms with E-state index in [0.717, 1.165) is 17.7 Å². The lowest BCUT2D eigenvalue weighted by Gasteiger charge is -2.08. The van der Waals surface area contributed by atoms with E-state index < -0.39 is 6.36 Å². The molecule has 0 unspecified atom stereocenters. The first-order chi connectivity index (χ1) is 13.4. The van der Waals surface area contributed by atoms with E-state index in [1.165, 1.54) is 18.5 Å². The molecule has 0 amide bonds. The highest BCUT2D eigenvalue weighted by atomic mass is 19.4. The molecule has 144 valence electrons. The number of alkyl halides is 3. The number of carbonyl (C=O) groups is 1. The average Bonchev–Trinajstić information content (AvgIpc) is 2.67. The van der Waals surface area contributed by atoms with Crippen molar-refractivity contribution in [2.24, 2.45) is 0 Å². The normalized spacial score (nSPS) is 11.1. The molecule has 1 N–H and O–H groups in total. The standard InChI is InChI=1S/C20H16F3N3O2/c21-20(22,23)28-17-8-6-16(7-9-17)18(27)13-26-11-10-19(25-14-26)24-12-15-4-2-1-3-5-15/h1-11,14H,12-13H2/p+1. The summed E-state index contributed by atoms with van der Waals surface area (Å²) in [6, 6.07) is 16.4. The molecule has 5 nitrogen and oxygen atoms in total. The van der Waals surface area contributed by atoms with Gasteiger partial charge in [-0.3, -0.25) is 4.79 Å². The maximum absolute atomic E-state index is 12.3. The summed E-state index contributed by atoms with van der Waals surface area (Å²) < 4.78 is 41.9. The molecule has 0 spiro atoms. The monoisotopic (exact) mass is 388 g/mol. The molecule has 0 aliphatic heterocycles. The van der Waals surface area contributed by atoms with Gasteiger partial charge < -0.3 is 10.1 Å². The Morgan fingerprint density at radius 2 is 1.75 bits per heavy atom. The third-order valence-corrected chi connectivity index (χ3v) is 3.82. The van der Waals surface area contributed by atoms with Crippen molar-refractivity contribution >= 4 is 11.6 Å². The number of ether oxygens (including phenoxy) is 1. The van der Waals surface area contributed by atoms with Crippen LogP contribution in [0.2, 0.25) is 0 Å². The van der Waals surface area contributed by atoms with Gasteiger partial charge in [-0.15, -0.1) is 13.2 Å². The Labute approximate surface area is 159 Å². The van der Waals surface area contributed by atoms with Crippen molar-refractivity contribution in [3.05, 3.63) is 84.3 Å². The number of carbonyl (C=O) groups excluding carboxylic acids is 1. The van der Waals surface area contributed by atoms with Crippen LogP contribution in [0.1, 0.15) is 15.9 Å². The Hall–Kier alpha value is -3.42. The molecule has 0 aliphatic rings. The first-order valence-corrected chi connectivity index (χ1v) is 8.41. The van der Waals surface area contributed by atoms with E-state index in [9.17, 15) is 18.0 Å². The van der Waals surface area contributed by atoms with Gasteiger partial charge in [-0.1, -0.05) is 30.3 Å². The zero-order chi connectivity index (χ0) is 20.0. The van der Waals surface area contributed by atoms with Crippen LogP contribution < -0.4 is 14.6 Å². The van der Waals surface area contributed by atoms with Crippen LogP contribution in [-0.2, 0) is 13.1 Å². The molecule has 3 rings (SSSR count). The quantitative estimate of drug-likeness (QED) is 0.495. The van der Waals surface area contributed by atoms with Crippen LogP contribution in [0, 0.1) is 0 Å². The third kappa shape index (κ3) is 5.80. The second-order valence-corrected chi connectivity index (χ2v) is 5.95. The minimum Gasteiger partial charge on any atom is -0.406 e. The number of hydrogen-bond acceptors (Lipinski definition) is 4. The zero-order valence-electron chi connectivity index (χ0n) is 14.7. The maximum atomic E-state index is 12.3. The second-order valence-electron chi connectivity index (χ2n) is 5.95. The number of ketones is 1. The fourth-order valence-corrected chi connectivity index (χ4v) is 2.47. The van der Waals surface area contributed by atoms with E-state index >= 15 is 0 Å². The minimum absolute atomic E-state index is 0.0193. The number of aromatic nitrogens is 2. The van der Waals surface area contributed by atoms with Crippen LogP contribution in [0.4, 0.5) is 19.0 Å². The molecule has 2 aromatic carbocycles. The molecule has 0 saturated heterocycles. The largest absolute Gasteiger partial charge is 0.573 e. The number of halogens is 3. The minimum atomic E-state index is -4.76. The van der Waals surface area contributed by atoms with Crippen molar-refractivity contribution in [3.63, 3.8) is 0 Å². The molecule has 28 heavy (non-hydrogen) atoms. The van der Waals surface area contributed by atoms with Crippen molar-refractivity contribution in [1.82, 2.24) is 4.98 Å². The molecule has 3 aromatic rings. The van der Waals surface area contributed by atoms with E-state index in [1.54, 1.807) is 16.8 Å². The topological polar surface area (TPSA) is 55.1 Å². The number of benzene rings is 2. The lowest BCUT2D eigenvalue weighted by atomic mass is 10.1. The molecule has 8 heteroatoms. The fraction of sp³-hybridized carbons (Fsp3) is 0.150. The van der Waals surface area contributed by atoms with Gasteiger partial charge in [0.2, 0.25) is 11.6 Å². The van der Waals surface area contributed by atoms with Gasteiger partial charge in [-0.2, -0.15) is 0 Å². The highest BCUT2D eigenvalue weighted by Gasteiger charge is 2.31. The third-order valence-electron chi connectivity index (χ3n) is 3.82. The van der Waals surface area contributed by atoms with Gasteiger partial charge in [0, 0.05) is 18.2 Å². The summed E-state index contributed by atoms with van der Waals surface area (Å²) in [5, 5.41) is 3.18. The van der Waals surface area contributed by atoms with Gasteiger partial charge in [0.1, 0.15) is 5.75 Å². The average molecular weight is 388 g/mol. The van der Waals surface area contributed by atoms with Gasteiger partial charge in [-0.05, 0) is 34.8 Å². The number of Topliss-reactive ketones (excluding diaryl/α,β-unsaturated/α-hetero) is 1. The van der Waals surface area contributed by atoms with Crippen LogP contribution in [0.25, 0.3) is 0 Å². The van der Waals surface area contributed by atoms with Gasteiger partial charge in [0.15, 0.2) is 6.54 Å². The number of hydrogen-bond donors (Lipinski definition) is 1. The predicted molar refractivity (Wildman–Crippen MR) is 95.7 cm³/mol. The number of anilines is 1. The lowest BCUT2D eigenvalue weighted by Crippen LogP contribution is -2.37. The SMILES string of the molecule is O=C(C[n+]1ccc(NCc2ccccc2)nc1)c1ccc(OC(F)(F)F)cc1. The van der Waals surface area contributed by atoms with Crippen molar-refractivity contribution in [2.45, 2.75) is 19.5 Å². The van der Waals surface area contributed by atoms with E-state index in [0.29, 0.717) is 12.4 Å². The maximum Gasteiger partial charge on any atom is 0.573 e. The molecule has 1 heterocycles. The smallest absolute Gasteiger partial charge is 0.406 e. The van der Waals surface area contributed by atoms with Gasteiger partial charge in [0.05, 0.1) is 6.20 Å². The summed E-state index contributed by atoms with van der Waals surface area (Å²) in [4.78, 5) is 16.5. The van der Waals surface area contributed by atoms with Crippen LogP contribution in [-0.4, -0.2) is 17.1 Å². The summed E-state index contributed by atoms with van der Waals surface area (Å²) in [6.45, 7) is 0.647. The molecule has 0 radical (unpaired) electrons. The Balaban J connectivity index is 1.55. The summed E-state index contributed by atoms with van der Waals surface area (Å²) in [7, 11) is 0. The summed E-state index contributed by atoms with van der Waals surface area (Å²) in [5.74, 6) is 0.0452. The summed E-state index contributed by atoms with van der Waals surface area (Å²) in [6.07, 6.45) is -1.53. The Morgan fingerprint density at radius 3 is 2.36 bits per heavy atom. The molecule has 0 saturated carbocycles. The molecule has 0 aliphatic carbocycles. The molecular formula is C20H17F3N3O2+. The van der Waals surface area contributed by atoms with Gasteiger partial charge in [0.25, 0.3) is 6.33 Å². The molecule has 0 bridgehead atoms. The van der Waals surface area contributed by atoms with Crippen molar-refractivity contribution in [1.29, 1.82) is 0 Å². The molecule has 0 atom stereocenters. The number of rotatable bonds is 7. The second kappa shape index (κ2) is 8.51. The van der Waals surface area contributed by atoms with E-state index in [2.05, 4.69) is 15.0 Å². The van der Waals surface area contributed by atoms with Crippen LogP contribution in [0.15, 0.2) is 73.2 Å². The molecular weight excluding hydrogens is 371 g/mol. The number of nitrogens with zero attached hydrogens (tertiary/aromatic N) is 2. The Kier molecular flexibility index (Phi) is 5.88. The van der Waals surface area contributed by atoms with E-state index in [1.807, 2.05) is 30.3 Å².